The molecule has 1 N–H and O–H groups in total. The van der Waals surface area contributed by atoms with E-state index in [0.29, 0.717) is 6.42 Å². The van der Waals surface area contributed by atoms with Crippen LogP contribution in [0.4, 0.5) is 0 Å². The predicted molar refractivity (Wildman–Crippen MR) is 59.3 cm³/mol. The number of ketones is 1. The molecule has 3 nitrogen and oxygen atoms in total. The molecular weight excluding hydrogens is 208 g/mol. The topological polar surface area (TPSA) is 42.0 Å². The van der Waals surface area contributed by atoms with Crippen molar-refractivity contribution in [2.45, 2.75) is 25.7 Å². The summed E-state index contributed by atoms with van der Waals surface area (Å²) in [5, 5.41) is 3.37. The molecule has 0 atom stereocenters. The fraction of sp³-hybridized carbons (Fsp3) is 0.636. The summed E-state index contributed by atoms with van der Waals surface area (Å²) in [5.74, 6) is 0.263. The molecule has 0 unspecified atom stereocenters. The number of nitrogens with one attached hydrogen (secondary N) is 1. The minimum Gasteiger partial charge on any atom is -0.317 e. The number of hydrogen-bond acceptors (Lipinski definition) is 4. The van der Waals surface area contributed by atoms with Gasteiger partial charge in [-0.2, -0.15) is 0 Å². The summed E-state index contributed by atoms with van der Waals surface area (Å²) in [5.41, 5.74) is 2.81. The minimum absolute atomic E-state index is 0.252. The summed E-state index contributed by atoms with van der Waals surface area (Å²) in [6, 6.07) is 0. The molecule has 15 heavy (non-hydrogen) atoms. The van der Waals surface area contributed by atoms with Crippen molar-refractivity contribution in [3.8, 4) is 0 Å². The third kappa shape index (κ3) is 1.52. The van der Waals surface area contributed by atoms with E-state index in [9.17, 15) is 4.79 Å². The minimum atomic E-state index is 0.252. The molecular formula is C11H14N2OS. The highest BCUT2D eigenvalue weighted by molar-refractivity contribution is 7.10. The van der Waals surface area contributed by atoms with Crippen LogP contribution in [0.5, 0.6) is 0 Å². The summed E-state index contributed by atoms with van der Waals surface area (Å²) >= 11 is 1.64. The van der Waals surface area contributed by atoms with Gasteiger partial charge in [0, 0.05) is 11.3 Å². The second-order valence-electron chi connectivity index (χ2n) is 4.65. The number of carbonyl (C=O) groups is 1. The maximum Gasteiger partial charge on any atom is 0.182 e. The molecule has 2 aliphatic rings. The van der Waals surface area contributed by atoms with Gasteiger partial charge in [0.25, 0.3) is 0 Å². The van der Waals surface area contributed by atoms with Gasteiger partial charge in [0.2, 0.25) is 0 Å². The van der Waals surface area contributed by atoms with E-state index < -0.39 is 0 Å². The van der Waals surface area contributed by atoms with Crippen LogP contribution < -0.4 is 5.32 Å². The van der Waals surface area contributed by atoms with E-state index in [1.165, 1.54) is 4.88 Å². The summed E-state index contributed by atoms with van der Waals surface area (Å²) in [6.45, 7) is 2.11. The fourth-order valence-corrected chi connectivity index (χ4v) is 3.71. The lowest BCUT2D eigenvalue weighted by atomic mass is 9.69. The van der Waals surface area contributed by atoms with Crippen LogP contribution in [0.2, 0.25) is 0 Å². The monoisotopic (exact) mass is 222 g/mol. The van der Waals surface area contributed by atoms with Gasteiger partial charge in [0.05, 0.1) is 5.51 Å². The quantitative estimate of drug-likeness (QED) is 0.725. The Balaban J connectivity index is 1.94. The highest BCUT2D eigenvalue weighted by Crippen LogP contribution is 2.42. The molecule has 1 spiro atoms. The zero-order chi connectivity index (χ0) is 10.3. The summed E-state index contributed by atoms with van der Waals surface area (Å²) in [4.78, 5) is 17.3. The molecule has 0 saturated carbocycles. The van der Waals surface area contributed by atoms with E-state index in [2.05, 4.69) is 10.3 Å². The maximum absolute atomic E-state index is 11.9. The second kappa shape index (κ2) is 3.39. The molecule has 1 saturated heterocycles. The van der Waals surface area contributed by atoms with Crippen molar-refractivity contribution in [1.82, 2.24) is 10.3 Å². The van der Waals surface area contributed by atoms with Gasteiger partial charge in [0.1, 0.15) is 5.69 Å². The number of hydrogen-bond donors (Lipinski definition) is 1. The van der Waals surface area contributed by atoms with Crippen molar-refractivity contribution in [2.75, 3.05) is 13.1 Å². The molecule has 4 heteroatoms. The third-order valence-electron chi connectivity index (χ3n) is 3.64. The van der Waals surface area contributed by atoms with Crippen LogP contribution in [0.1, 0.15) is 34.6 Å². The van der Waals surface area contributed by atoms with Crippen molar-refractivity contribution in [3.63, 3.8) is 0 Å². The molecule has 1 aliphatic carbocycles. The van der Waals surface area contributed by atoms with Crippen LogP contribution in [0, 0.1) is 5.41 Å². The molecule has 0 radical (unpaired) electrons. The van der Waals surface area contributed by atoms with Crippen molar-refractivity contribution >= 4 is 17.1 Å². The number of carbonyl (C=O) groups excluding carboxylic acids is 1. The Morgan fingerprint density at radius 2 is 2.13 bits per heavy atom. The number of fused-ring (bicyclic) bond motifs is 1. The smallest absolute Gasteiger partial charge is 0.182 e. The van der Waals surface area contributed by atoms with E-state index in [-0.39, 0.29) is 11.2 Å². The Morgan fingerprint density at radius 3 is 2.93 bits per heavy atom. The highest BCUT2D eigenvalue weighted by atomic mass is 32.1. The van der Waals surface area contributed by atoms with Gasteiger partial charge in [-0.25, -0.2) is 4.98 Å². The summed E-state index contributed by atoms with van der Waals surface area (Å²) < 4.78 is 0. The highest BCUT2D eigenvalue weighted by Gasteiger charge is 2.40. The van der Waals surface area contributed by atoms with Crippen molar-refractivity contribution in [2.24, 2.45) is 5.41 Å². The SMILES string of the molecule is O=C1CC2(CCNCC2)Cc2scnc21. The third-order valence-corrected chi connectivity index (χ3v) is 4.47. The Kier molecular flexibility index (Phi) is 2.14. The van der Waals surface area contributed by atoms with Crippen LogP contribution in [-0.4, -0.2) is 23.9 Å². The van der Waals surface area contributed by atoms with Gasteiger partial charge in [-0.3, -0.25) is 4.79 Å². The van der Waals surface area contributed by atoms with Crippen LogP contribution in [0.25, 0.3) is 0 Å². The molecule has 1 fully saturated rings. The van der Waals surface area contributed by atoms with E-state index in [1.54, 1.807) is 11.3 Å². The Morgan fingerprint density at radius 1 is 1.33 bits per heavy atom. The van der Waals surface area contributed by atoms with Crippen LogP contribution in [0.15, 0.2) is 5.51 Å². The van der Waals surface area contributed by atoms with Crippen LogP contribution in [0.3, 0.4) is 0 Å². The average Bonchev–Trinajstić information content (AvgIpc) is 2.67. The summed E-state index contributed by atoms with van der Waals surface area (Å²) in [6.07, 6.45) is 4.05. The van der Waals surface area contributed by atoms with Gasteiger partial charge in [-0.15, -0.1) is 11.3 Å². The lowest BCUT2D eigenvalue weighted by molar-refractivity contribution is 0.0833. The second-order valence-corrected chi connectivity index (χ2v) is 5.59. The average molecular weight is 222 g/mol. The molecule has 0 aromatic carbocycles. The molecule has 0 bridgehead atoms. The lowest BCUT2D eigenvalue weighted by Crippen LogP contribution is -2.41. The molecule has 3 rings (SSSR count). The number of piperidine rings is 1. The molecule has 2 heterocycles. The molecule has 1 aromatic heterocycles. The Labute approximate surface area is 92.9 Å². The molecule has 80 valence electrons. The number of Topliss-reactive ketones (excluding diaryl/α,β-unsaturated/α-hetero) is 1. The van der Waals surface area contributed by atoms with Gasteiger partial charge in [-0.05, 0) is 37.8 Å². The van der Waals surface area contributed by atoms with E-state index >= 15 is 0 Å². The van der Waals surface area contributed by atoms with Crippen molar-refractivity contribution in [3.05, 3.63) is 16.1 Å². The number of aromatic nitrogens is 1. The maximum atomic E-state index is 11.9. The zero-order valence-electron chi connectivity index (χ0n) is 8.58. The first-order valence-corrected chi connectivity index (χ1v) is 6.33. The predicted octanol–water partition coefficient (Wildman–Crippen LogP) is 1.64. The van der Waals surface area contributed by atoms with Gasteiger partial charge < -0.3 is 5.32 Å². The molecule has 0 amide bonds. The Hall–Kier alpha value is -0.740. The first kappa shape index (κ1) is 9.48. The van der Waals surface area contributed by atoms with E-state index in [0.717, 1.165) is 38.0 Å². The zero-order valence-corrected chi connectivity index (χ0v) is 9.40. The largest absolute Gasteiger partial charge is 0.317 e. The first-order chi connectivity index (χ1) is 7.29. The Bertz CT molecular complexity index is 393. The lowest BCUT2D eigenvalue weighted by Gasteiger charge is -2.39. The summed E-state index contributed by atoms with van der Waals surface area (Å²) in [7, 11) is 0. The van der Waals surface area contributed by atoms with Crippen molar-refractivity contribution < 1.29 is 4.79 Å². The van der Waals surface area contributed by atoms with Crippen LogP contribution >= 0.6 is 11.3 Å². The van der Waals surface area contributed by atoms with Gasteiger partial charge in [-0.1, -0.05) is 0 Å². The number of nitrogens with zero attached hydrogens (tertiary/aromatic N) is 1. The van der Waals surface area contributed by atoms with Gasteiger partial charge >= 0.3 is 0 Å². The molecule has 1 aliphatic heterocycles. The number of thiazole rings is 1. The fourth-order valence-electron chi connectivity index (χ4n) is 2.76. The molecule has 1 aromatic rings. The van der Waals surface area contributed by atoms with Crippen LogP contribution in [-0.2, 0) is 6.42 Å². The standard InChI is InChI=1S/C11H14N2OS/c14-8-5-11(1-3-12-4-2-11)6-9-10(8)13-7-15-9/h7,12H,1-6H2. The van der Waals surface area contributed by atoms with E-state index in [4.69, 9.17) is 0 Å². The van der Waals surface area contributed by atoms with E-state index in [1.807, 2.05) is 5.51 Å². The normalized spacial score (nSPS) is 24.1. The first-order valence-electron chi connectivity index (χ1n) is 5.45. The van der Waals surface area contributed by atoms with Crippen molar-refractivity contribution in [1.29, 1.82) is 0 Å². The number of rotatable bonds is 0. The van der Waals surface area contributed by atoms with Gasteiger partial charge in [0.15, 0.2) is 5.78 Å².